The summed E-state index contributed by atoms with van der Waals surface area (Å²) < 4.78 is 7.16. The minimum Gasteiger partial charge on any atom is -0.469 e. The van der Waals surface area contributed by atoms with Crippen LogP contribution in [0.3, 0.4) is 0 Å². The van der Waals surface area contributed by atoms with Gasteiger partial charge in [0.1, 0.15) is 5.76 Å². The third kappa shape index (κ3) is 2.97. The van der Waals surface area contributed by atoms with E-state index in [-0.39, 0.29) is 0 Å². The van der Waals surface area contributed by atoms with Gasteiger partial charge in [-0.3, -0.25) is 4.68 Å². The number of rotatable bonds is 6. The molecule has 0 aliphatic rings. The molecule has 4 heteroatoms. The first-order valence-corrected chi connectivity index (χ1v) is 5.56. The van der Waals surface area contributed by atoms with Crippen molar-refractivity contribution in [2.75, 3.05) is 13.1 Å². The fourth-order valence-electron chi connectivity index (χ4n) is 1.65. The van der Waals surface area contributed by atoms with Crippen LogP contribution in [0.25, 0.3) is 0 Å². The molecule has 0 unspecified atom stereocenters. The molecule has 0 atom stereocenters. The van der Waals surface area contributed by atoms with Crippen molar-refractivity contribution in [3.63, 3.8) is 0 Å². The second-order valence-corrected chi connectivity index (χ2v) is 3.78. The highest BCUT2D eigenvalue weighted by molar-refractivity contribution is 5.00. The van der Waals surface area contributed by atoms with E-state index in [1.165, 1.54) is 5.69 Å². The van der Waals surface area contributed by atoms with Gasteiger partial charge in [0, 0.05) is 44.9 Å². The van der Waals surface area contributed by atoms with Crippen LogP contribution in [0.15, 0.2) is 35.1 Å². The van der Waals surface area contributed by atoms with Gasteiger partial charge in [-0.05, 0) is 18.2 Å². The first kappa shape index (κ1) is 11.0. The molecule has 16 heavy (non-hydrogen) atoms. The van der Waals surface area contributed by atoms with Crippen LogP contribution in [0, 0.1) is 0 Å². The van der Waals surface area contributed by atoms with Gasteiger partial charge in [-0.2, -0.15) is 5.10 Å². The van der Waals surface area contributed by atoms with Gasteiger partial charge in [0.25, 0.3) is 0 Å². The molecule has 2 rings (SSSR count). The number of furan rings is 1. The standard InChI is InChI=1S/C12H17N3O/c1-15-11(5-9-14-15)4-7-13-8-6-12-3-2-10-16-12/h2-3,5,9-10,13H,4,6-8H2,1H3. The zero-order chi connectivity index (χ0) is 11.2. The molecule has 0 saturated carbocycles. The number of aromatic nitrogens is 2. The van der Waals surface area contributed by atoms with Crippen LogP contribution in [0.1, 0.15) is 11.5 Å². The fraction of sp³-hybridized carbons (Fsp3) is 0.417. The molecule has 0 spiro atoms. The Morgan fingerprint density at radius 1 is 1.31 bits per heavy atom. The molecule has 0 aromatic carbocycles. The van der Waals surface area contributed by atoms with E-state index in [4.69, 9.17) is 4.42 Å². The Bertz CT molecular complexity index is 406. The normalized spacial score (nSPS) is 10.8. The maximum atomic E-state index is 5.25. The summed E-state index contributed by atoms with van der Waals surface area (Å²) in [5, 5.41) is 7.52. The Kier molecular flexibility index (Phi) is 3.77. The Morgan fingerprint density at radius 3 is 2.88 bits per heavy atom. The van der Waals surface area contributed by atoms with Crippen molar-refractivity contribution in [1.29, 1.82) is 0 Å². The van der Waals surface area contributed by atoms with Gasteiger partial charge >= 0.3 is 0 Å². The topological polar surface area (TPSA) is 43.0 Å². The second-order valence-electron chi connectivity index (χ2n) is 3.78. The Morgan fingerprint density at radius 2 is 2.19 bits per heavy atom. The van der Waals surface area contributed by atoms with Crippen molar-refractivity contribution in [3.05, 3.63) is 42.1 Å². The van der Waals surface area contributed by atoms with Crippen LogP contribution in [0.2, 0.25) is 0 Å². The van der Waals surface area contributed by atoms with Crippen LogP contribution < -0.4 is 5.32 Å². The van der Waals surface area contributed by atoms with Crippen molar-refractivity contribution in [3.8, 4) is 0 Å². The number of hydrogen-bond acceptors (Lipinski definition) is 3. The molecular weight excluding hydrogens is 202 g/mol. The van der Waals surface area contributed by atoms with Crippen LogP contribution in [-0.2, 0) is 19.9 Å². The predicted molar refractivity (Wildman–Crippen MR) is 62.2 cm³/mol. The molecule has 1 N–H and O–H groups in total. The van der Waals surface area contributed by atoms with Gasteiger partial charge in [-0.1, -0.05) is 0 Å². The van der Waals surface area contributed by atoms with E-state index in [1.807, 2.05) is 36.1 Å². The zero-order valence-corrected chi connectivity index (χ0v) is 9.52. The number of aryl methyl sites for hydroxylation is 1. The van der Waals surface area contributed by atoms with E-state index in [0.29, 0.717) is 0 Å². The van der Waals surface area contributed by atoms with Gasteiger partial charge < -0.3 is 9.73 Å². The summed E-state index contributed by atoms with van der Waals surface area (Å²) in [7, 11) is 1.97. The van der Waals surface area contributed by atoms with Gasteiger partial charge in [-0.15, -0.1) is 0 Å². The van der Waals surface area contributed by atoms with Gasteiger partial charge in [0.05, 0.1) is 6.26 Å². The molecule has 0 amide bonds. The molecule has 2 heterocycles. The highest BCUT2D eigenvalue weighted by Crippen LogP contribution is 2.00. The largest absolute Gasteiger partial charge is 0.469 e. The molecule has 4 nitrogen and oxygen atoms in total. The van der Waals surface area contributed by atoms with E-state index in [0.717, 1.165) is 31.7 Å². The average Bonchev–Trinajstić information content (AvgIpc) is 2.90. The Hall–Kier alpha value is -1.55. The van der Waals surface area contributed by atoms with Crippen molar-refractivity contribution < 1.29 is 4.42 Å². The zero-order valence-electron chi connectivity index (χ0n) is 9.52. The first-order chi connectivity index (χ1) is 7.86. The molecule has 0 aliphatic heterocycles. The lowest BCUT2D eigenvalue weighted by Crippen LogP contribution is -2.20. The summed E-state index contributed by atoms with van der Waals surface area (Å²) in [5.41, 5.74) is 1.26. The third-order valence-electron chi connectivity index (χ3n) is 2.61. The summed E-state index contributed by atoms with van der Waals surface area (Å²) in [6, 6.07) is 5.97. The number of nitrogens with one attached hydrogen (secondary N) is 1. The van der Waals surface area contributed by atoms with E-state index in [2.05, 4.69) is 10.4 Å². The van der Waals surface area contributed by atoms with Gasteiger partial charge in [-0.25, -0.2) is 0 Å². The Balaban J connectivity index is 1.61. The summed E-state index contributed by atoms with van der Waals surface area (Å²) in [6.07, 6.45) is 5.50. The van der Waals surface area contributed by atoms with Crippen LogP contribution in [0.4, 0.5) is 0 Å². The van der Waals surface area contributed by atoms with Crippen molar-refractivity contribution in [2.24, 2.45) is 7.05 Å². The number of nitrogens with zero attached hydrogens (tertiary/aromatic N) is 2. The predicted octanol–water partition coefficient (Wildman–Crippen LogP) is 1.39. The van der Waals surface area contributed by atoms with Crippen molar-refractivity contribution in [1.82, 2.24) is 15.1 Å². The lowest BCUT2D eigenvalue weighted by atomic mass is 10.3. The minimum absolute atomic E-state index is 0.943. The highest BCUT2D eigenvalue weighted by atomic mass is 16.3. The smallest absolute Gasteiger partial charge is 0.105 e. The molecule has 0 aliphatic carbocycles. The number of hydrogen-bond donors (Lipinski definition) is 1. The molecule has 0 radical (unpaired) electrons. The molecule has 0 saturated heterocycles. The SMILES string of the molecule is Cn1nccc1CCNCCc1ccco1. The Labute approximate surface area is 95.3 Å². The molecule has 86 valence electrons. The molecular formula is C12H17N3O. The molecule has 0 fully saturated rings. The average molecular weight is 219 g/mol. The maximum absolute atomic E-state index is 5.25. The quantitative estimate of drug-likeness (QED) is 0.747. The second kappa shape index (κ2) is 5.51. The van der Waals surface area contributed by atoms with Gasteiger partial charge in [0.2, 0.25) is 0 Å². The van der Waals surface area contributed by atoms with E-state index < -0.39 is 0 Å². The third-order valence-corrected chi connectivity index (χ3v) is 2.61. The molecule has 0 bridgehead atoms. The lowest BCUT2D eigenvalue weighted by molar-refractivity contribution is 0.498. The van der Waals surface area contributed by atoms with Crippen molar-refractivity contribution >= 4 is 0 Å². The van der Waals surface area contributed by atoms with Crippen LogP contribution in [-0.4, -0.2) is 22.9 Å². The van der Waals surface area contributed by atoms with Crippen LogP contribution >= 0.6 is 0 Å². The summed E-state index contributed by atoms with van der Waals surface area (Å²) >= 11 is 0. The maximum Gasteiger partial charge on any atom is 0.105 e. The minimum atomic E-state index is 0.943. The highest BCUT2D eigenvalue weighted by Gasteiger charge is 1.98. The lowest BCUT2D eigenvalue weighted by Gasteiger charge is -2.03. The van der Waals surface area contributed by atoms with E-state index >= 15 is 0 Å². The molecule has 2 aromatic rings. The monoisotopic (exact) mass is 219 g/mol. The summed E-state index contributed by atoms with van der Waals surface area (Å²) in [6.45, 7) is 1.92. The van der Waals surface area contributed by atoms with Gasteiger partial charge in [0.15, 0.2) is 0 Å². The van der Waals surface area contributed by atoms with E-state index in [1.54, 1.807) is 6.26 Å². The fourth-order valence-corrected chi connectivity index (χ4v) is 1.65. The summed E-state index contributed by atoms with van der Waals surface area (Å²) in [4.78, 5) is 0. The summed E-state index contributed by atoms with van der Waals surface area (Å²) in [5.74, 6) is 1.04. The molecule has 2 aromatic heterocycles. The van der Waals surface area contributed by atoms with Crippen LogP contribution in [0.5, 0.6) is 0 Å². The van der Waals surface area contributed by atoms with Crippen molar-refractivity contribution in [2.45, 2.75) is 12.8 Å². The van der Waals surface area contributed by atoms with E-state index in [9.17, 15) is 0 Å². The first-order valence-electron chi connectivity index (χ1n) is 5.56.